The van der Waals surface area contributed by atoms with Gasteiger partial charge in [-0.3, -0.25) is 9.36 Å². The number of nitrogens with two attached hydrogens (primary N) is 1. The topological polar surface area (TPSA) is 65.1 Å². The van der Waals surface area contributed by atoms with Crippen molar-refractivity contribution in [3.63, 3.8) is 0 Å². The molecule has 0 aliphatic heterocycles. The van der Waals surface area contributed by atoms with Gasteiger partial charge in [0.25, 0.3) is 0 Å². The number of hydrogen-bond donors (Lipinski definition) is 1. The quantitative estimate of drug-likeness (QED) is 0.461. The second-order valence-corrected chi connectivity index (χ2v) is 8.04. The maximum atomic E-state index is 13.3. The molecule has 0 saturated heterocycles. The number of rotatable bonds is 5. The van der Waals surface area contributed by atoms with E-state index in [0.29, 0.717) is 11.3 Å². The molecule has 0 aliphatic rings. The molecule has 1 amide bonds. The molecule has 2 aromatic heterocycles. The number of fused-ring (bicyclic) bond motifs is 1. The molecule has 2 heterocycles. The van der Waals surface area contributed by atoms with Gasteiger partial charge in [0.05, 0.1) is 21.1 Å². The fourth-order valence-electron chi connectivity index (χ4n) is 3.34. The molecule has 4 aromatic rings. The van der Waals surface area contributed by atoms with E-state index in [9.17, 15) is 14.0 Å². The number of primary amides is 1. The van der Waals surface area contributed by atoms with Gasteiger partial charge in [-0.25, -0.2) is 9.18 Å². The molecule has 0 radical (unpaired) electrons. The minimum absolute atomic E-state index is 0.00685. The summed E-state index contributed by atoms with van der Waals surface area (Å²) >= 11 is 7.23. The molecule has 2 N–H and O–H groups in total. The van der Waals surface area contributed by atoms with Crippen LogP contribution >= 0.6 is 22.9 Å². The van der Waals surface area contributed by atoms with E-state index in [1.807, 2.05) is 41.8 Å². The van der Waals surface area contributed by atoms with Crippen molar-refractivity contribution in [3.05, 3.63) is 81.9 Å². The van der Waals surface area contributed by atoms with Crippen LogP contribution in [-0.2, 0) is 17.6 Å². The van der Waals surface area contributed by atoms with E-state index in [4.69, 9.17) is 17.3 Å². The summed E-state index contributed by atoms with van der Waals surface area (Å²) in [5, 5.41) is 2.82. The van der Waals surface area contributed by atoms with Gasteiger partial charge in [-0.15, -0.1) is 11.3 Å². The normalized spacial score (nSPS) is 11.1. The number of aromatic nitrogens is 1. The first-order chi connectivity index (χ1) is 13.9. The second kappa shape index (κ2) is 7.81. The maximum Gasteiger partial charge on any atom is 0.323 e. The van der Waals surface area contributed by atoms with Crippen molar-refractivity contribution in [1.29, 1.82) is 0 Å². The largest absolute Gasteiger partial charge is 0.351 e. The molecule has 7 heteroatoms. The molecule has 0 saturated carbocycles. The Morgan fingerprint density at radius 3 is 2.55 bits per heavy atom. The Labute approximate surface area is 175 Å². The standard InChI is InChI=1S/C22H16ClFN2O2S/c23-17-9-13(5-6-18(17)24)7-16(27)8-14-10-21(29-12-14)20-11-15-3-1-2-4-19(15)26(20)22(25)28/h1-6,9-12H,7-8H2,(H2,25,28). The summed E-state index contributed by atoms with van der Waals surface area (Å²) in [5.41, 5.74) is 8.57. The molecule has 0 spiro atoms. The first-order valence-electron chi connectivity index (χ1n) is 8.86. The monoisotopic (exact) mass is 426 g/mol. The van der Waals surface area contributed by atoms with E-state index in [2.05, 4.69) is 0 Å². The number of carbonyl (C=O) groups excluding carboxylic acids is 2. The molecule has 4 nitrogen and oxygen atoms in total. The van der Waals surface area contributed by atoms with Gasteiger partial charge in [-0.1, -0.05) is 35.9 Å². The minimum Gasteiger partial charge on any atom is -0.351 e. The van der Waals surface area contributed by atoms with Crippen molar-refractivity contribution in [2.75, 3.05) is 0 Å². The highest BCUT2D eigenvalue weighted by Crippen LogP contribution is 2.32. The van der Waals surface area contributed by atoms with Crippen LogP contribution in [0.5, 0.6) is 0 Å². The lowest BCUT2D eigenvalue weighted by Crippen LogP contribution is -2.19. The van der Waals surface area contributed by atoms with Crippen molar-refractivity contribution < 1.29 is 14.0 Å². The first kappa shape index (κ1) is 19.4. The Bertz CT molecular complexity index is 1240. The van der Waals surface area contributed by atoms with E-state index < -0.39 is 11.8 Å². The lowest BCUT2D eigenvalue weighted by atomic mass is 10.0. The maximum absolute atomic E-state index is 13.3. The number of amides is 1. The Morgan fingerprint density at radius 2 is 1.79 bits per heavy atom. The number of nitrogens with zero attached hydrogens (tertiary/aromatic N) is 1. The van der Waals surface area contributed by atoms with Crippen LogP contribution in [0.1, 0.15) is 11.1 Å². The van der Waals surface area contributed by atoms with Gasteiger partial charge in [0.2, 0.25) is 0 Å². The van der Waals surface area contributed by atoms with Crippen LogP contribution in [0.3, 0.4) is 0 Å². The molecule has 4 rings (SSSR count). The summed E-state index contributed by atoms with van der Waals surface area (Å²) in [5.74, 6) is -0.511. The van der Waals surface area contributed by atoms with Crippen LogP contribution in [-0.4, -0.2) is 16.4 Å². The highest BCUT2D eigenvalue weighted by atomic mass is 35.5. The molecule has 0 aliphatic carbocycles. The molecule has 29 heavy (non-hydrogen) atoms. The van der Waals surface area contributed by atoms with Crippen molar-refractivity contribution in [2.45, 2.75) is 12.8 Å². The average Bonchev–Trinajstić information content (AvgIpc) is 3.28. The van der Waals surface area contributed by atoms with Crippen molar-refractivity contribution in [1.82, 2.24) is 4.57 Å². The van der Waals surface area contributed by atoms with Crippen LogP contribution in [0.15, 0.2) is 60.0 Å². The van der Waals surface area contributed by atoms with E-state index in [0.717, 1.165) is 21.3 Å². The van der Waals surface area contributed by atoms with Crippen molar-refractivity contribution in [2.24, 2.45) is 5.73 Å². The molecular weight excluding hydrogens is 411 g/mol. The Kier molecular flexibility index (Phi) is 5.22. The summed E-state index contributed by atoms with van der Waals surface area (Å²) in [4.78, 5) is 25.3. The number of thiophene rings is 1. The highest BCUT2D eigenvalue weighted by Gasteiger charge is 2.16. The summed E-state index contributed by atoms with van der Waals surface area (Å²) < 4.78 is 14.7. The van der Waals surface area contributed by atoms with Gasteiger partial charge in [0.15, 0.2) is 0 Å². The molecular formula is C22H16ClFN2O2S. The summed E-state index contributed by atoms with van der Waals surface area (Å²) in [7, 11) is 0. The Morgan fingerprint density at radius 1 is 1.03 bits per heavy atom. The Hall–Kier alpha value is -2.96. The first-order valence-corrected chi connectivity index (χ1v) is 10.1. The smallest absolute Gasteiger partial charge is 0.323 e. The van der Waals surface area contributed by atoms with Crippen LogP contribution < -0.4 is 5.73 Å². The van der Waals surface area contributed by atoms with Gasteiger partial charge in [-0.2, -0.15) is 0 Å². The lowest BCUT2D eigenvalue weighted by Gasteiger charge is -2.04. The SMILES string of the molecule is NC(=O)n1c(-c2cc(CC(=O)Cc3ccc(F)c(Cl)c3)cs2)cc2ccccc21. The average molecular weight is 427 g/mol. The third-order valence-corrected chi connectivity index (χ3v) is 5.92. The molecule has 146 valence electrons. The number of carbonyl (C=O) groups is 2. The van der Waals surface area contributed by atoms with Crippen LogP contribution in [0.2, 0.25) is 5.02 Å². The van der Waals surface area contributed by atoms with Gasteiger partial charge >= 0.3 is 6.03 Å². The third-order valence-electron chi connectivity index (χ3n) is 4.62. The lowest BCUT2D eigenvalue weighted by molar-refractivity contribution is -0.117. The number of benzene rings is 2. The summed E-state index contributed by atoms with van der Waals surface area (Å²) in [6.07, 6.45) is 0.412. The minimum atomic E-state index is -0.555. The third kappa shape index (κ3) is 3.95. The van der Waals surface area contributed by atoms with Gasteiger partial charge < -0.3 is 5.73 Å². The van der Waals surface area contributed by atoms with E-state index in [1.54, 1.807) is 6.07 Å². The van der Waals surface area contributed by atoms with E-state index >= 15 is 0 Å². The number of para-hydroxylation sites is 1. The zero-order valence-electron chi connectivity index (χ0n) is 15.2. The summed E-state index contributed by atoms with van der Waals surface area (Å²) in [6, 6.07) is 15.1. The number of Topliss-reactive ketones (excluding diaryl/α,β-unsaturated/α-hetero) is 1. The molecule has 0 atom stereocenters. The number of ketones is 1. The molecule has 0 fully saturated rings. The van der Waals surface area contributed by atoms with Crippen molar-refractivity contribution in [3.8, 4) is 10.6 Å². The summed E-state index contributed by atoms with van der Waals surface area (Å²) in [6.45, 7) is 0. The Balaban J connectivity index is 1.56. The fourth-order valence-corrected chi connectivity index (χ4v) is 4.47. The van der Waals surface area contributed by atoms with E-state index in [1.165, 1.54) is 28.0 Å². The number of hydrogen-bond acceptors (Lipinski definition) is 3. The predicted molar refractivity (Wildman–Crippen MR) is 114 cm³/mol. The van der Waals surface area contributed by atoms with Crippen molar-refractivity contribution >= 4 is 45.7 Å². The fraction of sp³-hybridized carbons (Fsp3) is 0.0909. The van der Waals surface area contributed by atoms with Gasteiger partial charge in [0, 0.05) is 18.2 Å². The number of halogens is 2. The van der Waals surface area contributed by atoms with Crippen LogP contribution in [0.25, 0.3) is 21.5 Å². The molecule has 2 aromatic carbocycles. The zero-order valence-corrected chi connectivity index (χ0v) is 16.8. The predicted octanol–water partition coefficient (Wildman–Crippen LogP) is 5.44. The molecule has 0 bridgehead atoms. The molecule has 0 unspecified atom stereocenters. The van der Waals surface area contributed by atoms with E-state index in [-0.39, 0.29) is 23.6 Å². The zero-order chi connectivity index (χ0) is 20.5. The van der Waals surface area contributed by atoms with Gasteiger partial charge in [0.1, 0.15) is 11.6 Å². The van der Waals surface area contributed by atoms with Crippen LogP contribution in [0.4, 0.5) is 9.18 Å². The van der Waals surface area contributed by atoms with Gasteiger partial charge in [-0.05, 0) is 46.8 Å². The van der Waals surface area contributed by atoms with Crippen LogP contribution in [0, 0.1) is 5.82 Å². The second-order valence-electron chi connectivity index (χ2n) is 6.72. The highest BCUT2D eigenvalue weighted by molar-refractivity contribution is 7.13.